The van der Waals surface area contributed by atoms with Gasteiger partial charge in [-0.05, 0) is 41.9 Å². The maximum atomic E-state index is 2.48. The Morgan fingerprint density at radius 3 is 1.92 bits per heavy atom. The highest BCUT2D eigenvalue weighted by Gasteiger charge is 2.60. The summed E-state index contributed by atoms with van der Waals surface area (Å²) in [6, 6.07) is 0. The Labute approximate surface area is 84.1 Å². The molecule has 0 N–H and O–H groups in total. The van der Waals surface area contributed by atoms with Gasteiger partial charge >= 0.3 is 0 Å². The highest BCUT2D eigenvalue weighted by molar-refractivity contribution is 5.09. The van der Waals surface area contributed by atoms with Gasteiger partial charge in [-0.1, -0.05) is 41.5 Å². The van der Waals surface area contributed by atoms with E-state index in [0.29, 0.717) is 10.8 Å². The van der Waals surface area contributed by atoms with Crippen LogP contribution in [0.3, 0.4) is 0 Å². The fraction of sp³-hybridized carbons (Fsp3) is 1.00. The largest absolute Gasteiger partial charge is 0.0683 e. The Morgan fingerprint density at radius 1 is 1.08 bits per heavy atom. The third kappa shape index (κ3) is 1.33. The lowest BCUT2D eigenvalue weighted by molar-refractivity contribution is -0.174. The third-order valence-corrected chi connectivity index (χ3v) is 4.99. The maximum Gasteiger partial charge on any atom is -0.0269 e. The molecular formula is C13H26. The number of hydrogen-bond donors (Lipinski definition) is 0. The molecule has 3 unspecified atom stereocenters. The number of fused-ring (bicyclic) bond motifs is 2. The quantitative estimate of drug-likeness (QED) is 0.517. The van der Waals surface area contributed by atoms with Crippen LogP contribution >= 0.6 is 0 Å². The highest BCUT2D eigenvalue weighted by atomic mass is 14.6. The van der Waals surface area contributed by atoms with E-state index in [-0.39, 0.29) is 0 Å². The van der Waals surface area contributed by atoms with E-state index in [1.807, 2.05) is 13.8 Å². The zero-order valence-electron chi connectivity index (χ0n) is 10.3. The molecule has 0 radical (unpaired) electrons. The predicted octanol–water partition coefficient (Wildman–Crippen LogP) is 4.49. The number of hydrogen-bond acceptors (Lipinski definition) is 0. The van der Waals surface area contributed by atoms with Gasteiger partial charge in [-0.3, -0.25) is 0 Å². The topological polar surface area (TPSA) is 0 Å². The summed E-state index contributed by atoms with van der Waals surface area (Å²) < 4.78 is 0. The van der Waals surface area contributed by atoms with Crippen molar-refractivity contribution in [3.05, 3.63) is 0 Å². The molecule has 0 aromatic heterocycles. The van der Waals surface area contributed by atoms with Crippen molar-refractivity contribution in [2.75, 3.05) is 0 Å². The Bertz CT molecular complexity index is 176. The first-order valence-electron chi connectivity index (χ1n) is 5.97. The van der Waals surface area contributed by atoms with E-state index in [1.54, 1.807) is 0 Å². The Hall–Kier alpha value is 0. The van der Waals surface area contributed by atoms with Gasteiger partial charge in [0.15, 0.2) is 0 Å². The molecule has 3 fully saturated rings. The molecule has 0 saturated heterocycles. The molecular weight excluding hydrogens is 156 g/mol. The smallest absolute Gasteiger partial charge is 0.0269 e. The van der Waals surface area contributed by atoms with Crippen molar-refractivity contribution >= 4 is 0 Å². The fourth-order valence-corrected chi connectivity index (χ4v) is 3.40. The molecule has 2 bridgehead atoms. The standard InChI is InChI=1S/C11H20.C2H6/c1-8-5-6-11(4)7-9(8)10(11,2)3;1-2/h8-9H,5-7H2,1-4H3;1-2H3. The predicted molar refractivity (Wildman–Crippen MR) is 59.7 cm³/mol. The summed E-state index contributed by atoms with van der Waals surface area (Å²) in [5, 5.41) is 0. The monoisotopic (exact) mass is 182 g/mol. The van der Waals surface area contributed by atoms with E-state index in [4.69, 9.17) is 0 Å². The van der Waals surface area contributed by atoms with Crippen molar-refractivity contribution in [2.24, 2.45) is 22.7 Å². The summed E-state index contributed by atoms with van der Waals surface area (Å²) in [6.45, 7) is 13.9. The Kier molecular flexibility index (Phi) is 2.81. The van der Waals surface area contributed by atoms with E-state index < -0.39 is 0 Å². The Morgan fingerprint density at radius 2 is 1.62 bits per heavy atom. The molecule has 0 aromatic rings. The maximum absolute atomic E-state index is 2.48. The first-order valence-corrected chi connectivity index (χ1v) is 5.97. The fourth-order valence-electron chi connectivity index (χ4n) is 3.40. The van der Waals surface area contributed by atoms with Crippen LogP contribution in [0, 0.1) is 22.7 Å². The van der Waals surface area contributed by atoms with Gasteiger partial charge in [0.1, 0.15) is 0 Å². The van der Waals surface area contributed by atoms with Crippen LogP contribution in [-0.4, -0.2) is 0 Å². The van der Waals surface area contributed by atoms with Crippen molar-refractivity contribution in [1.29, 1.82) is 0 Å². The minimum Gasteiger partial charge on any atom is -0.0683 e. The lowest BCUT2D eigenvalue weighted by atomic mass is 9.38. The van der Waals surface area contributed by atoms with Gasteiger partial charge in [-0.25, -0.2) is 0 Å². The molecule has 3 rings (SSSR count). The van der Waals surface area contributed by atoms with E-state index in [2.05, 4.69) is 27.7 Å². The summed E-state index contributed by atoms with van der Waals surface area (Å²) in [7, 11) is 0. The minimum atomic E-state index is 0.644. The van der Waals surface area contributed by atoms with Crippen LogP contribution in [0.15, 0.2) is 0 Å². The lowest BCUT2D eigenvalue weighted by Crippen LogP contribution is -2.58. The molecule has 3 saturated carbocycles. The van der Waals surface area contributed by atoms with Gasteiger partial charge in [0.2, 0.25) is 0 Å². The van der Waals surface area contributed by atoms with Crippen molar-refractivity contribution in [3.8, 4) is 0 Å². The van der Waals surface area contributed by atoms with E-state index in [0.717, 1.165) is 11.8 Å². The first-order chi connectivity index (χ1) is 5.97. The molecule has 78 valence electrons. The molecule has 3 aliphatic carbocycles. The van der Waals surface area contributed by atoms with Gasteiger partial charge in [0, 0.05) is 0 Å². The van der Waals surface area contributed by atoms with Gasteiger partial charge in [-0.15, -0.1) is 0 Å². The second kappa shape index (κ2) is 3.29. The van der Waals surface area contributed by atoms with Crippen LogP contribution in [0.25, 0.3) is 0 Å². The van der Waals surface area contributed by atoms with Gasteiger partial charge in [0.25, 0.3) is 0 Å². The van der Waals surface area contributed by atoms with Crippen LogP contribution in [0.1, 0.15) is 60.8 Å². The highest BCUT2D eigenvalue weighted by Crippen LogP contribution is 2.68. The van der Waals surface area contributed by atoms with Crippen LogP contribution < -0.4 is 0 Å². The molecule has 0 spiro atoms. The van der Waals surface area contributed by atoms with Crippen molar-refractivity contribution < 1.29 is 0 Å². The SMILES string of the molecule is CC.CC1CCC2(C)CC1C2(C)C. The zero-order valence-corrected chi connectivity index (χ0v) is 10.3. The van der Waals surface area contributed by atoms with Gasteiger partial charge < -0.3 is 0 Å². The van der Waals surface area contributed by atoms with Gasteiger partial charge in [-0.2, -0.15) is 0 Å². The summed E-state index contributed by atoms with van der Waals surface area (Å²) in [4.78, 5) is 0. The van der Waals surface area contributed by atoms with Crippen LogP contribution in [0.2, 0.25) is 0 Å². The summed E-state index contributed by atoms with van der Waals surface area (Å²) in [5.41, 5.74) is 1.34. The van der Waals surface area contributed by atoms with Crippen LogP contribution in [0.5, 0.6) is 0 Å². The first kappa shape index (κ1) is 11.1. The van der Waals surface area contributed by atoms with E-state index in [9.17, 15) is 0 Å². The Balaban J connectivity index is 0.000000396. The number of rotatable bonds is 0. The normalized spacial score (nSPS) is 45.7. The minimum absolute atomic E-state index is 0.644. The molecule has 3 atom stereocenters. The van der Waals surface area contributed by atoms with Crippen molar-refractivity contribution in [1.82, 2.24) is 0 Å². The molecule has 0 nitrogen and oxygen atoms in total. The molecule has 0 aliphatic heterocycles. The second-order valence-electron chi connectivity index (χ2n) is 5.61. The summed E-state index contributed by atoms with van der Waals surface area (Å²) in [5.74, 6) is 2.02. The average molecular weight is 182 g/mol. The summed E-state index contributed by atoms with van der Waals surface area (Å²) in [6.07, 6.45) is 4.45. The van der Waals surface area contributed by atoms with Crippen molar-refractivity contribution in [2.45, 2.75) is 60.8 Å². The zero-order chi connectivity index (χ0) is 10.3. The van der Waals surface area contributed by atoms with E-state index in [1.165, 1.54) is 19.3 Å². The van der Waals surface area contributed by atoms with Crippen LogP contribution in [0.4, 0.5) is 0 Å². The lowest BCUT2D eigenvalue weighted by Gasteiger charge is -2.67. The molecule has 13 heavy (non-hydrogen) atoms. The van der Waals surface area contributed by atoms with Crippen LogP contribution in [-0.2, 0) is 0 Å². The van der Waals surface area contributed by atoms with E-state index >= 15 is 0 Å². The summed E-state index contributed by atoms with van der Waals surface area (Å²) >= 11 is 0. The molecule has 3 aliphatic rings. The average Bonchev–Trinajstić information content (AvgIpc) is 2.12. The van der Waals surface area contributed by atoms with Gasteiger partial charge in [0.05, 0.1) is 0 Å². The van der Waals surface area contributed by atoms with Crippen molar-refractivity contribution in [3.63, 3.8) is 0 Å². The molecule has 0 heterocycles. The second-order valence-corrected chi connectivity index (χ2v) is 5.61. The third-order valence-electron chi connectivity index (χ3n) is 4.99. The molecule has 0 heteroatoms. The molecule has 0 aromatic carbocycles. The molecule has 0 amide bonds.